The number of nitrogens with zero attached hydrogens (tertiary/aromatic N) is 1. The average molecular weight is 207 g/mol. The van der Waals surface area contributed by atoms with E-state index < -0.39 is 0 Å². The fraction of sp³-hybridized carbons (Fsp3) is 0.364. The summed E-state index contributed by atoms with van der Waals surface area (Å²) in [6.07, 6.45) is 0. The van der Waals surface area contributed by atoms with Crippen LogP contribution in [0.1, 0.15) is 5.56 Å². The van der Waals surface area contributed by atoms with Crippen LogP contribution in [-0.4, -0.2) is 26.2 Å². The Balaban J connectivity index is 2.47. The van der Waals surface area contributed by atoms with E-state index in [0.29, 0.717) is 19.1 Å². The number of aliphatic imine (C=N–C) groups is 1. The standard InChI is InChI=1S/C11H17N3O/c1-9-3-5-10(6-4-9)14-11(12)13-7-8-15-2/h3-6H,7-8H2,1-2H3,(H3,12,13,14). The van der Waals surface area contributed by atoms with Crippen molar-refractivity contribution in [3.63, 3.8) is 0 Å². The van der Waals surface area contributed by atoms with Gasteiger partial charge in [0.15, 0.2) is 5.96 Å². The minimum atomic E-state index is 0.413. The van der Waals surface area contributed by atoms with Crippen LogP contribution < -0.4 is 11.1 Å². The molecule has 0 amide bonds. The molecule has 1 aromatic rings. The van der Waals surface area contributed by atoms with E-state index >= 15 is 0 Å². The van der Waals surface area contributed by atoms with Gasteiger partial charge in [-0.25, -0.2) is 0 Å². The number of nitrogens with two attached hydrogens (primary N) is 1. The zero-order valence-electron chi connectivity index (χ0n) is 9.16. The summed E-state index contributed by atoms with van der Waals surface area (Å²) < 4.78 is 4.87. The first-order valence-corrected chi connectivity index (χ1v) is 4.85. The largest absolute Gasteiger partial charge is 0.383 e. The number of hydrogen-bond donors (Lipinski definition) is 2. The van der Waals surface area contributed by atoms with Gasteiger partial charge in [-0.05, 0) is 19.1 Å². The Morgan fingerprint density at radius 3 is 2.67 bits per heavy atom. The quantitative estimate of drug-likeness (QED) is 0.445. The second kappa shape index (κ2) is 6.03. The molecule has 0 atom stereocenters. The number of methoxy groups -OCH3 is 1. The maximum absolute atomic E-state index is 5.67. The molecule has 0 aliphatic rings. The zero-order valence-corrected chi connectivity index (χ0v) is 9.16. The van der Waals surface area contributed by atoms with Crippen molar-refractivity contribution >= 4 is 11.6 Å². The molecule has 0 saturated carbocycles. The monoisotopic (exact) mass is 207 g/mol. The number of nitrogens with one attached hydrogen (secondary N) is 1. The number of guanidine groups is 1. The Morgan fingerprint density at radius 2 is 2.07 bits per heavy atom. The first-order valence-electron chi connectivity index (χ1n) is 4.85. The molecule has 0 fully saturated rings. The minimum absolute atomic E-state index is 0.413. The van der Waals surface area contributed by atoms with Crippen LogP contribution in [0.15, 0.2) is 29.3 Å². The summed E-state index contributed by atoms with van der Waals surface area (Å²) in [5, 5.41) is 3.00. The SMILES string of the molecule is COCCN=C(N)Nc1ccc(C)cc1. The van der Waals surface area contributed by atoms with Gasteiger partial charge in [0.25, 0.3) is 0 Å². The van der Waals surface area contributed by atoms with Crippen molar-refractivity contribution in [2.45, 2.75) is 6.92 Å². The van der Waals surface area contributed by atoms with Crippen LogP contribution in [0.4, 0.5) is 5.69 Å². The molecule has 3 N–H and O–H groups in total. The van der Waals surface area contributed by atoms with Crippen molar-refractivity contribution in [1.82, 2.24) is 0 Å². The third kappa shape index (κ3) is 4.46. The van der Waals surface area contributed by atoms with Gasteiger partial charge in [-0.1, -0.05) is 17.7 Å². The third-order valence-corrected chi connectivity index (χ3v) is 1.90. The molecule has 1 aromatic carbocycles. The van der Waals surface area contributed by atoms with Crippen LogP contribution in [-0.2, 0) is 4.74 Å². The predicted molar refractivity (Wildman–Crippen MR) is 63.2 cm³/mol. The van der Waals surface area contributed by atoms with Gasteiger partial charge in [0.1, 0.15) is 0 Å². The molecule has 0 saturated heterocycles. The van der Waals surface area contributed by atoms with Crippen LogP contribution >= 0.6 is 0 Å². The predicted octanol–water partition coefficient (Wildman–Crippen LogP) is 1.37. The third-order valence-electron chi connectivity index (χ3n) is 1.90. The van der Waals surface area contributed by atoms with Gasteiger partial charge in [0.2, 0.25) is 0 Å². The number of rotatable bonds is 4. The first kappa shape index (κ1) is 11.5. The van der Waals surface area contributed by atoms with E-state index in [1.54, 1.807) is 7.11 Å². The highest BCUT2D eigenvalue weighted by Crippen LogP contribution is 2.07. The summed E-state index contributed by atoms with van der Waals surface area (Å²) in [5.41, 5.74) is 7.83. The molecule has 0 heterocycles. The normalized spacial score (nSPS) is 11.5. The molecule has 0 aromatic heterocycles. The molecule has 0 radical (unpaired) electrons. The van der Waals surface area contributed by atoms with Gasteiger partial charge < -0.3 is 15.8 Å². The fourth-order valence-electron chi connectivity index (χ4n) is 1.08. The molecule has 0 spiro atoms. The van der Waals surface area contributed by atoms with Gasteiger partial charge >= 0.3 is 0 Å². The van der Waals surface area contributed by atoms with E-state index in [1.165, 1.54) is 5.56 Å². The van der Waals surface area contributed by atoms with Crippen LogP contribution in [0.3, 0.4) is 0 Å². The molecule has 4 heteroatoms. The van der Waals surface area contributed by atoms with Crippen molar-refractivity contribution in [2.24, 2.45) is 10.7 Å². The fourth-order valence-corrected chi connectivity index (χ4v) is 1.08. The van der Waals surface area contributed by atoms with E-state index in [2.05, 4.69) is 10.3 Å². The van der Waals surface area contributed by atoms with E-state index in [9.17, 15) is 0 Å². The Kier molecular flexibility index (Phi) is 4.63. The number of benzene rings is 1. The average Bonchev–Trinajstić information content (AvgIpc) is 2.22. The highest BCUT2D eigenvalue weighted by atomic mass is 16.5. The molecule has 1 rings (SSSR count). The Labute approximate surface area is 90.2 Å². The summed E-state index contributed by atoms with van der Waals surface area (Å²) in [5.74, 6) is 0.413. The van der Waals surface area contributed by atoms with E-state index in [4.69, 9.17) is 10.5 Å². The molecule has 0 aliphatic heterocycles. The van der Waals surface area contributed by atoms with Crippen molar-refractivity contribution in [2.75, 3.05) is 25.6 Å². The lowest BCUT2D eigenvalue weighted by Gasteiger charge is -2.05. The lowest BCUT2D eigenvalue weighted by Crippen LogP contribution is -2.23. The topological polar surface area (TPSA) is 59.6 Å². The van der Waals surface area contributed by atoms with Crippen molar-refractivity contribution in [1.29, 1.82) is 0 Å². The summed E-state index contributed by atoms with van der Waals surface area (Å²) in [6, 6.07) is 7.97. The van der Waals surface area contributed by atoms with Crippen LogP contribution in [0, 0.1) is 6.92 Å². The zero-order chi connectivity index (χ0) is 11.1. The number of aryl methyl sites for hydroxylation is 1. The van der Waals surface area contributed by atoms with Gasteiger partial charge in [-0.15, -0.1) is 0 Å². The lowest BCUT2D eigenvalue weighted by atomic mass is 10.2. The Bertz CT molecular complexity index is 319. The molecule has 82 valence electrons. The maximum atomic E-state index is 5.67. The van der Waals surface area contributed by atoms with Crippen LogP contribution in [0.2, 0.25) is 0 Å². The Morgan fingerprint density at radius 1 is 1.40 bits per heavy atom. The number of hydrogen-bond acceptors (Lipinski definition) is 2. The van der Waals surface area contributed by atoms with Gasteiger partial charge in [0, 0.05) is 12.8 Å². The van der Waals surface area contributed by atoms with Gasteiger partial charge in [0.05, 0.1) is 13.2 Å². The molecular formula is C11H17N3O. The van der Waals surface area contributed by atoms with Crippen LogP contribution in [0.5, 0.6) is 0 Å². The second-order valence-electron chi connectivity index (χ2n) is 3.25. The van der Waals surface area contributed by atoms with E-state index in [1.807, 2.05) is 31.2 Å². The summed E-state index contributed by atoms with van der Waals surface area (Å²) in [7, 11) is 1.64. The molecule has 0 aliphatic carbocycles. The summed E-state index contributed by atoms with van der Waals surface area (Å²) in [6.45, 7) is 3.19. The Hall–Kier alpha value is -1.55. The van der Waals surface area contributed by atoms with E-state index in [-0.39, 0.29) is 0 Å². The first-order chi connectivity index (χ1) is 7.22. The van der Waals surface area contributed by atoms with Crippen molar-refractivity contribution < 1.29 is 4.74 Å². The highest BCUT2D eigenvalue weighted by molar-refractivity contribution is 5.92. The van der Waals surface area contributed by atoms with E-state index in [0.717, 1.165) is 5.69 Å². The highest BCUT2D eigenvalue weighted by Gasteiger charge is 1.93. The lowest BCUT2D eigenvalue weighted by molar-refractivity contribution is 0.208. The number of ether oxygens (including phenoxy) is 1. The second-order valence-corrected chi connectivity index (χ2v) is 3.25. The smallest absolute Gasteiger partial charge is 0.193 e. The van der Waals surface area contributed by atoms with Gasteiger partial charge in [-0.3, -0.25) is 4.99 Å². The van der Waals surface area contributed by atoms with Crippen molar-refractivity contribution in [3.05, 3.63) is 29.8 Å². The number of anilines is 1. The summed E-state index contributed by atoms with van der Waals surface area (Å²) >= 11 is 0. The molecule has 0 bridgehead atoms. The molecule has 0 unspecified atom stereocenters. The van der Waals surface area contributed by atoms with Gasteiger partial charge in [-0.2, -0.15) is 0 Å². The molecule has 15 heavy (non-hydrogen) atoms. The molecule has 4 nitrogen and oxygen atoms in total. The summed E-state index contributed by atoms with van der Waals surface area (Å²) in [4.78, 5) is 4.09. The van der Waals surface area contributed by atoms with Crippen LogP contribution in [0.25, 0.3) is 0 Å². The minimum Gasteiger partial charge on any atom is -0.383 e. The maximum Gasteiger partial charge on any atom is 0.193 e. The van der Waals surface area contributed by atoms with Crippen molar-refractivity contribution in [3.8, 4) is 0 Å². The molecular weight excluding hydrogens is 190 g/mol.